The van der Waals surface area contributed by atoms with Crippen LogP contribution in [0.2, 0.25) is 5.02 Å². The van der Waals surface area contributed by atoms with Gasteiger partial charge in [-0.15, -0.1) is 0 Å². The fourth-order valence-corrected chi connectivity index (χ4v) is 2.90. The quantitative estimate of drug-likeness (QED) is 0.893. The zero-order chi connectivity index (χ0) is 14.1. The summed E-state index contributed by atoms with van der Waals surface area (Å²) in [7, 11) is 1.54. The highest BCUT2D eigenvalue weighted by molar-refractivity contribution is 6.30. The molecule has 0 saturated carbocycles. The third-order valence-electron chi connectivity index (χ3n) is 3.68. The molecule has 0 radical (unpaired) electrons. The number of aryl methyl sites for hydroxylation is 1. The summed E-state index contributed by atoms with van der Waals surface area (Å²) in [6.45, 7) is 0. The molecule has 0 fully saturated rings. The first-order valence-corrected chi connectivity index (χ1v) is 6.93. The van der Waals surface area contributed by atoms with Gasteiger partial charge < -0.3 is 10.1 Å². The summed E-state index contributed by atoms with van der Waals surface area (Å²) >= 11 is 6.01. The monoisotopic (exact) mass is 291 g/mol. The van der Waals surface area contributed by atoms with E-state index in [9.17, 15) is 4.39 Å². The number of anilines is 1. The van der Waals surface area contributed by atoms with Crippen LogP contribution in [0.1, 0.15) is 23.6 Å². The van der Waals surface area contributed by atoms with Crippen LogP contribution in [-0.4, -0.2) is 7.11 Å². The predicted molar refractivity (Wildman–Crippen MR) is 79.1 cm³/mol. The van der Waals surface area contributed by atoms with Gasteiger partial charge in [-0.1, -0.05) is 17.7 Å². The van der Waals surface area contributed by atoms with Gasteiger partial charge in [0.1, 0.15) is 11.6 Å². The lowest BCUT2D eigenvalue weighted by molar-refractivity contribution is 0.412. The summed E-state index contributed by atoms with van der Waals surface area (Å²) < 4.78 is 18.4. The van der Waals surface area contributed by atoms with E-state index in [-0.39, 0.29) is 11.9 Å². The van der Waals surface area contributed by atoms with Crippen LogP contribution in [0, 0.1) is 5.82 Å². The van der Waals surface area contributed by atoms with Gasteiger partial charge in [0.2, 0.25) is 0 Å². The molecule has 2 nitrogen and oxygen atoms in total. The van der Waals surface area contributed by atoms with E-state index in [0.717, 1.165) is 23.6 Å². The highest BCUT2D eigenvalue weighted by Crippen LogP contribution is 2.37. The Morgan fingerprint density at radius 2 is 2.10 bits per heavy atom. The van der Waals surface area contributed by atoms with E-state index in [1.165, 1.54) is 23.3 Å². The van der Waals surface area contributed by atoms with Crippen molar-refractivity contribution in [1.29, 1.82) is 0 Å². The molecule has 0 bridgehead atoms. The number of ether oxygens (including phenoxy) is 1. The fourth-order valence-electron chi connectivity index (χ4n) is 2.71. The van der Waals surface area contributed by atoms with Crippen molar-refractivity contribution in [3.8, 4) is 5.75 Å². The molecule has 1 atom stereocenters. The second-order valence-corrected chi connectivity index (χ2v) is 5.36. The van der Waals surface area contributed by atoms with Crippen molar-refractivity contribution in [2.45, 2.75) is 18.9 Å². The van der Waals surface area contributed by atoms with Gasteiger partial charge in [0.25, 0.3) is 0 Å². The van der Waals surface area contributed by atoms with Crippen molar-refractivity contribution in [3.63, 3.8) is 0 Å². The van der Waals surface area contributed by atoms with Gasteiger partial charge >= 0.3 is 0 Å². The van der Waals surface area contributed by atoms with E-state index < -0.39 is 0 Å². The molecule has 4 heteroatoms. The molecule has 0 aromatic heterocycles. The SMILES string of the molecule is COc1cc(F)ccc1NC1CCc2cc(Cl)ccc21. The maximum absolute atomic E-state index is 13.2. The number of halogens is 2. The zero-order valence-corrected chi connectivity index (χ0v) is 11.9. The second kappa shape index (κ2) is 5.33. The van der Waals surface area contributed by atoms with Crippen LogP contribution in [0.15, 0.2) is 36.4 Å². The minimum absolute atomic E-state index is 0.210. The van der Waals surface area contributed by atoms with E-state index in [2.05, 4.69) is 11.4 Å². The second-order valence-electron chi connectivity index (χ2n) is 4.92. The lowest BCUT2D eigenvalue weighted by Crippen LogP contribution is -2.08. The summed E-state index contributed by atoms with van der Waals surface area (Å²) in [6.07, 6.45) is 1.99. The van der Waals surface area contributed by atoms with Gasteiger partial charge in [0.05, 0.1) is 18.8 Å². The Balaban J connectivity index is 1.87. The molecule has 20 heavy (non-hydrogen) atoms. The normalized spacial score (nSPS) is 16.9. The van der Waals surface area contributed by atoms with Crippen molar-refractivity contribution in [2.75, 3.05) is 12.4 Å². The molecule has 104 valence electrons. The number of hydrogen-bond acceptors (Lipinski definition) is 2. The predicted octanol–water partition coefficient (Wildman–Crippen LogP) is 4.59. The van der Waals surface area contributed by atoms with Gasteiger partial charge in [-0.25, -0.2) is 4.39 Å². The number of nitrogens with one attached hydrogen (secondary N) is 1. The van der Waals surface area contributed by atoms with Crippen LogP contribution in [0.3, 0.4) is 0 Å². The summed E-state index contributed by atoms with van der Waals surface area (Å²) in [4.78, 5) is 0. The highest BCUT2D eigenvalue weighted by Gasteiger charge is 2.23. The number of fused-ring (bicyclic) bond motifs is 1. The molecular formula is C16H15ClFNO. The Hall–Kier alpha value is -1.74. The molecule has 2 aromatic rings. The van der Waals surface area contributed by atoms with E-state index in [4.69, 9.17) is 16.3 Å². The maximum Gasteiger partial charge on any atom is 0.144 e. The summed E-state index contributed by atoms with van der Waals surface area (Å²) in [5.41, 5.74) is 3.33. The first-order valence-electron chi connectivity index (χ1n) is 6.56. The number of benzene rings is 2. The average molecular weight is 292 g/mol. The summed E-state index contributed by atoms with van der Waals surface area (Å²) in [5.74, 6) is 0.221. The molecule has 0 saturated heterocycles. The van der Waals surface area contributed by atoms with Crippen molar-refractivity contribution in [1.82, 2.24) is 0 Å². The first kappa shape index (κ1) is 13.3. The smallest absolute Gasteiger partial charge is 0.144 e. The van der Waals surface area contributed by atoms with Crippen molar-refractivity contribution >= 4 is 17.3 Å². The van der Waals surface area contributed by atoms with E-state index in [1.807, 2.05) is 12.1 Å². The van der Waals surface area contributed by atoms with Gasteiger partial charge in [-0.05, 0) is 48.2 Å². The van der Waals surface area contributed by atoms with Crippen LogP contribution in [0.4, 0.5) is 10.1 Å². The van der Waals surface area contributed by atoms with E-state index in [1.54, 1.807) is 13.2 Å². The molecule has 3 rings (SSSR count). The largest absolute Gasteiger partial charge is 0.494 e. The van der Waals surface area contributed by atoms with Crippen molar-refractivity contribution in [3.05, 3.63) is 58.4 Å². The minimum atomic E-state index is -0.300. The molecular weight excluding hydrogens is 277 g/mol. The third-order valence-corrected chi connectivity index (χ3v) is 3.91. The Bertz CT molecular complexity index is 644. The standard InChI is InChI=1S/C16H15ClFNO/c1-20-16-9-12(18)4-7-15(16)19-14-6-2-10-8-11(17)3-5-13(10)14/h3-5,7-9,14,19H,2,6H2,1H3. The third kappa shape index (κ3) is 2.46. The molecule has 1 aliphatic rings. The van der Waals surface area contributed by atoms with Crippen molar-refractivity contribution < 1.29 is 9.13 Å². The van der Waals surface area contributed by atoms with Crippen LogP contribution >= 0.6 is 11.6 Å². The van der Waals surface area contributed by atoms with Gasteiger partial charge in [0, 0.05) is 11.1 Å². The Labute approximate surface area is 122 Å². The molecule has 1 aliphatic carbocycles. The molecule has 0 aliphatic heterocycles. The van der Waals surface area contributed by atoms with Gasteiger partial charge in [-0.2, -0.15) is 0 Å². The Morgan fingerprint density at radius 1 is 1.25 bits per heavy atom. The van der Waals surface area contributed by atoms with E-state index >= 15 is 0 Å². The average Bonchev–Trinajstić information content (AvgIpc) is 2.83. The molecule has 1 N–H and O–H groups in total. The van der Waals surface area contributed by atoms with Gasteiger partial charge in [0.15, 0.2) is 0 Å². The molecule has 0 spiro atoms. The van der Waals surface area contributed by atoms with Crippen LogP contribution in [-0.2, 0) is 6.42 Å². The van der Waals surface area contributed by atoms with Crippen LogP contribution < -0.4 is 10.1 Å². The van der Waals surface area contributed by atoms with Gasteiger partial charge in [-0.3, -0.25) is 0 Å². The molecule has 0 heterocycles. The number of rotatable bonds is 3. The summed E-state index contributed by atoms with van der Waals surface area (Å²) in [5, 5.41) is 4.20. The zero-order valence-electron chi connectivity index (χ0n) is 11.1. The van der Waals surface area contributed by atoms with Crippen molar-refractivity contribution in [2.24, 2.45) is 0 Å². The summed E-state index contributed by atoms with van der Waals surface area (Å²) in [6, 6.07) is 10.7. The Kier molecular flexibility index (Phi) is 3.53. The lowest BCUT2D eigenvalue weighted by Gasteiger charge is -2.18. The minimum Gasteiger partial charge on any atom is -0.494 e. The van der Waals surface area contributed by atoms with E-state index in [0.29, 0.717) is 5.75 Å². The fraction of sp³-hybridized carbons (Fsp3) is 0.250. The molecule has 1 unspecified atom stereocenters. The molecule has 0 amide bonds. The Morgan fingerprint density at radius 3 is 2.90 bits per heavy atom. The maximum atomic E-state index is 13.2. The topological polar surface area (TPSA) is 21.3 Å². The van der Waals surface area contributed by atoms with Crippen LogP contribution in [0.25, 0.3) is 0 Å². The lowest BCUT2D eigenvalue weighted by atomic mass is 10.1. The highest BCUT2D eigenvalue weighted by atomic mass is 35.5. The molecule has 2 aromatic carbocycles. The van der Waals surface area contributed by atoms with Crippen LogP contribution in [0.5, 0.6) is 5.75 Å². The number of hydrogen-bond donors (Lipinski definition) is 1. The first-order chi connectivity index (χ1) is 9.67. The number of methoxy groups -OCH3 is 1.